The number of ether oxygens (including phenoxy) is 2. The molecule has 0 saturated carbocycles. The number of carbonyl (C=O) groups excluding carboxylic acids is 1. The van der Waals surface area contributed by atoms with Crippen LogP contribution in [0.15, 0.2) is 42.5 Å². The molecular weight excluding hydrogens is 342 g/mol. The molecule has 6 heteroatoms. The van der Waals surface area contributed by atoms with Gasteiger partial charge in [0.1, 0.15) is 24.8 Å². The van der Waals surface area contributed by atoms with E-state index >= 15 is 0 Å². The number of fused-ring (bicyclic) bond motifs is 1. The van der Waals surface area contributed by atoms with E-state index < -0.39 is 0 Å². The highest BCUT2D eigenvalue weighted by atomic mass is 16.5. The van der Waals surface area contributed by atoms with E-state index in [1.165, 1.54) is 12.7 Å². The molecule has 2 aromatic carbocycles. The number of aryl methyl sites for hydroxylation is 2. The average Bonchev–Trinajstić information content (AvgIpc) is 3.01. The second kappa shape index (κ2) is 8.68. The highest BCUT2D eigenvalue weighted by Crippen LogP contribution is 2.20. The predicted molar refractivity (Wildman–Crippen MR) is 105 cm³/mol. The minimum absolute atomic E-state index is 0.0377. The zero-order chi connectivity index (χ0) is 19.2. The molecule has 1 amide bonds. The summed E-state index contributed by atoms with van der Waals surface area (Å²) in [5.74, 6) is 1.53. The fourth-order valence-electron chi connectivity index (χ4n) is 2.98. The summed E-state index contributed by atoms with van der Waals surface area (Å²) >= 11 is 0. The summed E-state index contributed by atoms with van der Waals surface area (Å²) in [6.45, 7) is 5.64. The lowest BCUT2D eigenvalue weighted by Crippen LogP contribution is -2.28. The minimum atomic E-state index is -0.164. The van der Waals surface area contributed by atoms with Crippen molar-refractivity contribution >= 4 is 16.9 Å². The van der Waals surface area contributed by atoms with Gasteiger partial charge in [-0.05, 0) is 43.2 Å². The number of hydrogen-bond donors (Lipinski definition) is 1. The quantitative estimate of drug-likeness (QED) is 0.665. The third-order valence-electron chi connectivity index (χ3n) is 4.37. The zero-order valence-electron chi connectivity index (χ0n) is 16.0. The van der Waals surface area contributed by atoms with Gasteiger partial charge in [-0.2, -0.15) is 0 Å². The molecule has 142 valence electrons. The molecule has 0 fully saturated rings. The molecule has 6 nitrogen and oxygen atoms in total. The Hall–Kier alpha value is -2.86. The lowest BCUT2D eigenvalue weighted by Gasteiger charge is -2.13. The van der Waals surface area contributed by atoms with E-state index in [-0.39, 0.29) is 12.5 Å². The standard InChI is InChI=1S/C21H25N3O3/c1-15-8-9-16(2)19(12-15)27-11-10-24-18-7-5-4-6-17(18)23-20(24)13-22-21(25)14-26-3/h4-9,12H,10-11,13-14H2,1-3H3,(H,22,25). The van der Waals surface area contributed by atoms with Gasteiger partial charge in [0.2, 0.25) is 5.91 Å². The number of amides is 1. The van der Waals surface area contributed by atoms with E-state index in [1.54, 1.807) is 0 Å². The van der Waals surface area contributed by atoms with E-state index in [0.717, 1.165) is 28.2 Å². The molecule has 0 bridgehead atoms. The van der Waals surface area contributed by atoms with Crippen LogP contribution in [-0.2, 0) is 22.6 Å². The number of aromatic nitrogens is 2. The fourth-order valence-corrected chi connectivity index (χ4v) is 2.98. The summed E-state index contributed by atoms with van der Waals surface area (Å²) in [7, 11) is 1.50. The van der Waals surface area contributed by atoms with Gasteiger partial charge in [-0.25, -0.2) is 4.98 Å². The molecular formula is C21H25N3O3. The highest BCUT2D eigenvalue weighted by Gasteiger charge is 2.12. The molecule has 3 rings (SSSR count). The first kappa shape index (κ1) is 18.9. The van der Waals surface area contributed by atoms with E-state index in [1.807, 2.05) is 37.3 Å². The van der Waals surface area contributed by atoms with Crippen molar-refractivity contribution < 1.29 is 14.3 Å². The van der Waals surface area contributed by atoms with Gasteiger partial charge in [-0.1, -0.05) is 24.3 Å². The van der Waals surface area contributed by atoms with Crippen LogP contribution in [0.1, 0.15) is 17.0 Å². The summed E-state index contributed by atoms with van der Waals surface area (Å²) in [5, 5.41) is 2.84. The van der Waals surface area contributed by atoms with Crippen molar-refractivity contribution in [2.45, 2.75) is 26.9 Å². The minimum Gasteiger partial charge on any atom is -0.491 e. The third kappa shape index (κ3) is 4.65. The Morgan fingerprint density at radius 3 is 2.81 bits per heavy atom. The molecule has 1 heterocycles. The molecule has 27 heavy (non-hydrogen) atoms. The summed E-state index contributed by atoms with van der Waals surface area (Å²) in [6.07, 6.45) is 0. The Balaban J connectivity index is 1.74. The molecule has 1 aromatic heterocycles. The first-order valence-electron chi connectivity index (χ1n) is 8.98. The van der Waals surface area contributed by atoms with Crippen LogP contribution in [0.3, 0.4) is 0 Å². The number of benzene rings is 2. The normalized spacial score (nSPS) is 10.9. The molecule has 0 aliphatic heterocycles. The monoisotopic (exact) mass is 367 g/mol. The molecule has 0 aliphatic rings. The van der Waals surface area contributed by atoms with Gasteiger partial charge in [0, 0.05) is 7.11 Å². The van der Waals surface area contributed by atoms with Gasteiger partial charge in [0.15, 0.2) is 0 Å². The summed E-state index contributed by atoms with van der Waals surface area (Å²) in [6, 6.07) is 14.1. The smallest absolute Gasteiger partial charge is 0.246 e. The maximum absolute atomic E-state index is 11.7. The number of para-hydroxylation sites is 2. The molecule has 0 saturated heterocycles. The molecule has 0 radical (unpaired) electrons. The second-order valence-corrected chi connectivity index (χ2v) is 6.50. The van der Waals surface area contributed by atoms with Crippen LogP contribution in [-0.4, -0.2) is 35.8 Å². The van der Waals surface area contributed by atoms with Crippen LogP contribution in [0, 0.1) is 13.8 Å². The van der Waals surface area contributed by atoms with Crippen LogP contribution >= 0.6 is 0 Å². The van der Waals surface area contributed by atoms with Crippen LogP contribution in [0.25, 0.3) is 11.0 Å². The van der Waals surface area contributed by atoms with Crippen LogP contribution in [0.5, 0.6) is 5.75 Å². The number of methoxy groups -OCH3 is 1. The second-order valence-electron chi connectivity index (χ2n) is 6.50. The molecule has 1 N–H and O–H groups in total. The number of nitrogens with zero attached hydrogens (tertiary/aromatic N) is 2. The Bertz CT molecular complexity index is 934. The fraction of sp³-hybridized carbons (Fsp3) is 0.333. The third-order valence-corrected chi connectivity index (χ3v) is 4.37. The van der Waals surface area contributed by atoms with Gasteiger partial charge in [0.05, 0.1) is 24.1 Å². The lowest BCUT2D eigenvalue weighted by atomic mass is 10.1. The lowest BCUT2D eigenvalue weighted by molar-refractivity contribution is -0.124. The Kier molecular flexibility index (Phi) is 6.08. The predicted octanol–water partition coefficient (Wildman–Crippen LogP) is 2.99. The van der Waals surface area contributed by atoms with Crippen molar-refractivity contribution in [3.05, 3.63) is 59.4 Å². The summed E-state index contributed by atoms with van der Waals surface area (Å²) < 4.78 is 13.0. The topological polar surface area (TPSA) is 65.4 Å². The van der Waals surface area contributed by atoms with Crippen LogP contribution in [0.2, 0.25) is 0 Å². The number of carbonyl (C=O) groups is 1. The van der Waals surface area contributed by atoms with E-state index in [9.17, 15) is 4.79 Å². The number of rotatable bonds is 8. The average molecular weight is 367 g/mol. The maximum Gasteiger partial charge on any atom is 0.246 e. The van der Waals surface area contributed by atoms with Gasteiger partial charge >= 0.3 is 0 Å². The van der Waals surface area contributed by atoms with Crippen LogP contribution < -0.4 is 10.1 Å². The van der Waals surface area contributed by atoms with Crippen molar-refractivity contribution in [3.63, 3.8) is 0 Å². The number of hydrogen-bond acceptors (Lipinski definition) is 4. The number of nitrogens with one attached hydrogen (secondary N) is 1. The largest absolute Gasteiger partial charge is 0.491 e. The van der Waals surface area contributed by atoms with E-state index in [2.05, 4.69) is 33.9 Å². The first-order chi connectivity index (χ1) is 13.1. The summed E-state index contributed by atoms with van der Waals surface area (Å²) in [5.41, 5.74) is 4.21. The van der Waals surface area contributed by atoms with Gasteiger partial charge < -0.3 is 19.4 Å². The molecule has 0 unspecified atom stereocenters. The van der Waals surface area contributed by atoms with E-state index in [0.29, 0.717) is 19.7 Å². The molecule has 0 spiro atoms. The van der Waals surface area contributed by atoms with Gasteiger partial charge in [0.25, 0.3) is 0 Å². The Labute approximate surface area is 159 Å². The summed E-state index contributed by atoms with van der Waals surface area (Å²) in [4.78, 5) is 16.4. The SMILES string of the molecule is COCC(=O)NCc1nc2ccccc2n1CCOc1cc(C)ccc1C. The maximum atomic E-state index is 11.7. The number of imidazole rings is 1. The highest BCUT2D eigenvalue weighted by molar-refractivity contribution is 5.78. The molecule has 0 aliphatic carbocycles. The van der Waals surface area contributed by atoms with Gasteiger partial charge in [-0.15, -0.1) is 0 Å². The first-order valence-corrected chi connectivity index (χ1v) is 8.98. The zero-order valence-corrected chi connectivity index (χ0v) is 16.0. The van der Waals surface area contributed by atoms with Crippen molar-refractivity contribution in [3.8, 4) is 5.75 Å². The van der Waals surface area contributed by atoms with Crippen molar-refractivity contribution in [1.29, 1.82) is 0 Å². The van der Waals surface area contributed by atoms with Crippen LogP contribution in [0.4, 0.5) is 0 Å². The van der Waals surface area contributed by atoms with Crippen molar-refractivity contribution in [1.82, 2.24) is 14.9 Å². The van der Waals surface area contributed by atoms with E-state index in [4.69, 9.17) is 9.47 Å². The van der Waals surface area contributed by atoms with Crippen molar-refractivity contribution in [2.24, 2.45) is 0 Å². The Morgan fingerprint density at radius 2 is 2.00 bits per heavy atom. The van der Waals surface area contributed by atoms with Gasteiger partial charge in [-0.3, -0.25) is 4.79 Å². The Morgan fingerprint density at radius 1 is 1.19 bits per heavy atom. The molecule has 3 aromatic rings. The molecule has 0 atom stereocenters. The van der Waals surface area contributed by atoms with Crippen molar-refractivity contribution in [2.75, 3.05) is 20.3 Å².